The highest BCUT2D eigenvalue weighted by molar-refractivity contribution is 8.14. The molecule has 0 aliphatic carbocycles. The van der Waals surface area contributed by atoms with Crippen molar-refractivity contribution in [2.45, 2.75) is 18.9 Å². The van der Waals surface area contributed by atoms with E-state index < -0.39 is 0 Å². The Hall–Kier alpha value is -2.05. The van der Waals surface area contributed by atoms with Gasteiger partial charge in [-0.3, -0.25) is 14.8 Å². The molecule has 1 N–H and O–H groups in total. The van der Waals surface area contributed by atoms with Crippen molar-refractivity contribution >= 4 is 34.4 Å². The summed E-state index contributed by atoms with van der Waals surface area (Å²) in [6, 6.07) is 11.5. The number of alkyl halides is 1. The van der Waals surface area contributed by atoms with E-state index >= 15 is 0 Å². The van der Waals surface area contributed by atoms with E-state index in [1.807, 2.05) is 36.4 Å². The van der Waals surface area contributed by atoms with Crippen LogP contribution < -0.4 is 10.1 Å². The molecule has 1 aliphatic rings. The lowest BCUT2D eigenvalue weighted by Gasteiger charge is -2.08. The number of carbonyl (C=O) groups is 1. The maximum Gasteiger partial charge on any atom is 0.230 e. The van der Waals surface area contributed by atoms with Gasteiger partial charge in [-0.25, -0.2) is 0 Å². The molecule has 1 unspecified atom stereocenters. The van der Waals surface area contributed by atoms with E-state index in [0.717, 1.165) is 29.1 Å². The average Bonchev–Trinajstić information content (AvgIpc) is 3.11. The Labute approximate surface area is 162 Å². The van der Waals surface area contributed by atoms with E-state index in [1.165, 1.54) is 0 Å². The molecule has 3 rings (SSSR count). The van der Waals surface area contributed by atoms with Crippen LogP contribution in [0.1, 0.15) is 23.6 Å². The molecular formula is C19H20ClN3O2S. The predicted molar refractivity (Wildman–Crippen MR) is 106 cm³/mol. The van der Waals surface area contributed by atoms with Gasteiger partial charge < -0.3 is 10.1 Å². The molecule has 7 heteroatoms. The minimum absolute atomic E-state index is 0.0666. The number of halogens is 1. The standard InChI is InChI=1S/C19H20ClN3O2S/c20-7-2-10-25-16-4-1-3-14(11-16)12-18(24)23-19-22-17(13-26-19)15-5-8-21-9-6-15/h1,3-6,8-9,11,17H,2,7,10,12-13H2,(H,22,23,24). The topological polar surface area (TPSA) is 63.6 Å². The highest BCUT2D eigenvalue weighted by atomic mass is 35.5. The summed E-state index contributed by atoms with van der Waals surface area (Å²) >= 11 is 7.21. The highest BCUT2D eigenvalue weighted by Gasteiger charge is 2.21. The predicted octanol–water partition coefficient (Wildman–Crippen LogP) is 3.59. The van der Waals surface area contributed by atoms with Crippen molar-refractivity contribution in [3.63, 3.8) is 0 Å². The van der Waals surface area contributed by atoms with Crippen LogP contribution in [0.2, 0.25) is 0 Å². The number of pyridine rings is 1. The first-order valence-corrected chi connectivity index (χ1v) is 9.94. The summed E-state index contributed by atoms with van der Waals surface area (Å²) in [6.45, 7) is 0.572. The van der Waals surface area contributed by atoms with Gasteiger partial charge in [-0.2, -0.15) is 0 Å². The minimum Gasteiger partial charge on any atom is -0.494 e. The molecule has 0 bridgehead atoms. The van der Waals surface area contributed by atoms with Crippen molar-refractivity contribution in [2.75, 3.05) is 18.2 Å². The number of hydrogen-bond acceptors (Lipinski definition) is 5. The number of benzene rings is 1. The first-order valence-electron chi connectivity index (χ1n) is 8.42. The molecule has 1 aliphatic heterocycles. The van der Waals surface area contributed by atoms with Gasteiger partial charge in [0.1, 0.15) is 5.75 Å². The maximum atomic E-state index is 12.3. The zero-order chi connectivity index (χ0) is 18.2. The Morgan fingerprint density at radius 1 is 1.31 bits per heavy atom. The fraction of sp³-hybridized carbons (Fsp3) is 0.316. The van der Waals surface area contributed by atoms with Crippen molar-refractivity contribution in [2.24, 2.45) is 4.99 Å². The lowest BCUT2D eigenvalue weighted by atomic mass is 10.1. The quantitative estimate of drug-likeness (QED) is 0.580. The number of nitrogens with one attached hydrogen (secondary N) is 1. The van der Waals surface area contributed by atoms with Crippen molar-refractivity contribution in [3.8, 4) is 5.75 Å². The third-order valence-electron chi connectivity index (χ3n) is 3.80. The van der Waals surface area contributed by atoms with Crippen LogP contribution >= 0.6 is 23.4 Å². The number of nitrogens with zero attached hydrogens (tertiary/aromatic N) is 2. The van der Waals surface area contributed by atoms with Gasteiger partial charge in [0.05, 0.1) is 19.1 Å². The molecule has 5 nitrogen and oxygen atoms in total. The molecule has 0 saturated heterocycles. The number of rotatable bonds is 7. The molecule has 1 atom stereocenters. The molecule has 0 radical (unpaired) electrons. The Morgan fingerprint density at radius 2 is 2.15 bits per heavy atom. The first kappa shape index (κ1) is 18.7. The van der Waals surface area contributed by atoms with Gasteiger partial charge in [-0.15, -0.1) is 11.6 Å². The number of thioether (sulfide) groups is 1. The summed E-state index contributed by atoms with van der Waals surface area (Å²) in [6.07, 6.45) is 4.59. The lowest BCUT2D eigenvalue weighted by Crippen LogP contribution is -2.28. The Bertz CT molecular complexity index is 770. The number of amides is 1. The number of aliphatic imine (C=N–C) groups is 1. The molecule has 136 valence electrons. The van der Waals surface area contributed by atoms with Crippen LogP contribution in [0.15, 0.2) is 53.8 Å². The van der Waals surface area contributed by atoms with Crippen molar-refractivity contribution in [1.29, 1.82) is 0 Å². The summed E-state index contributed by atoms with van der Waals surface area (Å²) in [4.78, 5) is 20.9. The molecule has 0 saturated carbocycles. The fourth-order valence-corrected chi connectivity index (χ4v) is 3.62. The van der Waals surface area contributed by atoms with Crippen LogP contribution in [0.3, 0.4) is 0 Å². The van der Waals surface area contributed by atoms with Crippen molar-refractivity contribution in [3.05, 3.63) is 59.9 Å². The summed E-state index contributed by atoms with van der Waals surface area (Å²) in [5.74, 6) is 2.07. The van der Waals surface area contributed by atoms with E-state index in [-0.39, 0.29) is 18.4 Å². The molecule has 2 heterocycles. The number of amidine groups is 1. The van der Waals surface area contributed by atoms with E-state index in [9.17, 15) is 4.79 Å². The van der Waals surface area contributed by atoms with E-state index in [1.54, 1.807) is 24.2 Å². The second-order valence-electron chi connectivity index (χ2n) is 5.80. The first-order chi connectivity index (χ1) is 12.7. The van der Waals surface area contributed by atoms with Gasteiger partial charge in [0.2, 0.25) is 5.91 Å². The van der Waals surface area contributed by atoms with Gasteiger partial charge in [0.25, 0.3) is 0 Å². The summed E-state index contributed by atoms with van der Waals surface area (Å²) in [5.41, 5.74) is 2.01. The monoisotopic (exact) mass is 389 g/mol. The van der Waals surface area contributed by atoms with Gasteiger partial charge in [-0.1, -0.05) is 23.9 Å². The molecule has 2 aromatic rings. The molecule has 1 aromatic heterocycles. The third kappa shape index (κ3) is 5.47. The zero-order valence-electron chi connectivity index (χ0n) is 14.2. The summed E-state index contributed by atoms with van der Waals surface area (Å²) in [5, 5.41) is 3.57. The van der Waals surface area contributed by atoms with Gasteiger partial charge in [0, 0.05) is 24.0 Å². The van der Waals surface area contributed by atoms with Crippen LogP contribution in [-0.4, -0.2) is 34.3 Å². The van der Waals surface area contributed by atoms with E-state index in [4.69, 9.17) is 16.3 Å². The number of carbonyl (C=O) groups excluding carboxylic acids is 1. The molecule has 1 amide bonds. The number of ether oxygens (including phenoxy) is 1. The summed E-state index contributed by atoms with van der Waals surface area (Å²) < 4.78 is 5.62. The smallest absolute Gasteiger partial charge is 0.230 e. The second-order valence-corrected chi connectivity index (χ2v) is 7.19. The minimum atomic E-state index is -0.0791. The Kier molecular flexibility index (Phi) is 6.91. The SMILES string of the molecule is O=C(Cc1cccc(OCCCCl)c1)NC1=NC(c2ccncc2)CS1. The van der Waals surface area contributed by atoms with Crippen LogP contribution in [0.25, 0.3) is 0 Å². The maximum absolute atomic E-state index is 12.3. The fourth-order valence-electron chi connectivity index (χ4n) is 2.54. The third-order valence-corrected chi connectivity index (χ3v) is 5.03. The molecule has 0 fully saturated rings. The lowest BCUT2D eigenvalue weighted by molar-refractivity contribution is -0.119. The number of hydrogen-bond donors (Lipinski definition) is 1. The van der Waals surface area contributed by atoms with Gasteiger partial charge in [-0.05, 0) is 41.8 Å². The van der Waals surface area contributed by atoms with Crippen molar-refractivity contribution < 1.29 is 9.53 Å². The normalized spacial score (nSPS) is 16.2. The Balaban J connectivity index is 1.53. The van der Waals surface area contributed by atoms with Crippen LogP contribution in [0.5, 0.6) is 5.75 Å². The molecular weight excluding hydrogens is 370 g/mol. The van der Waals surface area contributed by atoms with Crippen molar-refractivity contribution in [1.82, 2.24) is 10.3 Å². The van der Waals surface area contributed by atoms with E-state index in [0.29, 0.717) is 17.7 Å². The average molecular weight is 390 g/mol. The largest absolute Gasteiger partial charge is 0.494 e. The van der Waals surface area contributed by atoms with Gasteiger partial charge >= 0.3 is 0 Å². The number of aromatic nitrogens is 1. The van der Waals surface area contributed by atoms with E-state index in [2.05, 4.69) is 15.3 Å². The zero-order valence-corrected chi connectivity index (χ0v) is 15.8. The Morgan fingerprint density at radius 3 is 2.96 bits per heavy atom. The van der Waals surface area contributed by atoms with Crippen LogP contribution in [-0.2, 0) is 11.2 Å². The molecule has 1 aromatic carbocycles. The summed E-state index contributed by atoms with van der Waals surface area (Å²) in [7, 11) is 0. The molecule has 26 heavy (non-hydrogen) atoms. The van der Waals surface area contributed by atoms with Crippen LogP contribution in [0, 0.1) is 0 Å². The van der Waals surface area contributed by atoms with Gasteiger partial charge in [0.15, 0.2) is 5.17 Å². The molecule has 0 spiro atoms. The van der Waals surface area contributed by atoms with Crippen LogP contribution in [0.4, 0.5) is 0 Å². The second kappa shape index (κ2) is 9.59. The highest BCUT2D eigenvalue weighted by Crippen LogP contribution is 2.29.